The van der Waals surface area contributed by atoms with E-state index >= 15 is 0 Å². The minimum atomic E-state index is -0.252. The quantitative estimate of drug-likeness (QED) is 0.425. The number of Topliss-reactive ketones (excluding diaryl/α,β-unsaturated/α-hetero) is 1. The Kier molecular flexibility index (Phi) is 4.31. The van der Waals surface area contributed by atoms with Crippen molar-refractivity contribution in [3.63, 3.8) is 0 Å². The van der Waals surface area contributed by atoms with Crippen LogP contribution in [0.15, 0.2) is 0 Å². The van der Waals surface area contributed by atoms with Gasteiger partial charge in [-0.3, -0.25) is 15.5 Å². The Morgan fingerprint density at radius 3 is 2.69 bits per heavy atom. The van der Waals surface area contributed by atoms with E-state index in [-0.39, 0.29) is 11.8 Å². The molecule has 1 aliphatic heterocycles. The van der Waals surface area contributed by atoms with Crippen molar-refractivity contribution in [1.29, 1.82) is 0 Å². The summed E-state index contributed by atoms with van der Waals surface area (Å²) in [5, 5.41) is 0. The number of nitrogens with one attached hydrogen (secondary N) is 1. The number of hydrazine groups is 1. The molecule has 1 heterocycles. The summed E-state index contributed by atoms with van der Waals surface area (Å²) in [5.74, 6) is 5.34. The highest BCUT2D eigenvalue weighted by Gasteiger charge is 2.18. The zero-order valence-corrected chi connectivity index (χ0v) is 7.95. The van der Waals surface area contributed by atoms with Crippen LogP contribution in [-0.4, -0.2) is 49.6 Å². The first-order chi connectivity index (χ1) is 6.24. The molecule has 0 spiro atoms. The minimum absolute atomic E-state index is 0.0778. The van der Waals surface area contributed by atoms with Crippen molar-refractivity contribution in [2.24, 2.45) is 5.84 Å². The maximum Gasteiger partial charge on any atom is 0.149 e. The van der Waals surface area contributed by atoms with E-state index in [4.69, 9.17) is 10.6 Å². The summed E-state index contributed by atoms with van der Waals surface area (Å²) in [4.78, 5) is 13.2. The second-order valence-electron chi connectivity index (χ2n) is 3.24. The van der Waals surface area contributed by atoms with Gasteiger partial charge in [0.15, 0.2) is 0 Å². The molecule has 0 aromatic heterocycles. The Morgan fingerprint density at radius 1 is 1.62 bits per heavy atom. The highest BCUT2D eigenvalue weighted by atomic mass is 16.5. The fraction of sp³-hybridized carbons (Fsp3) is 0.875. The number of hydrogen-bond acceptors (Lipinski definition) is 5. The SMILES string of the molecule is CC(=O)C(CN1CCOCC1)NN. The standard InChI is InChI=1S/C8H17N3O2/c1-7(12)8(10-9)6-11-2-4-13-5-3-11/h8,10H,2-6,9H2,1H3. The van der Waals surface area contributed by atoms with Crippen LogP contribution >= 0.6 is 0 Å². The van der Waals surface area contributed by atoms with Gasteiger partial charge in [0.25, 0.3) is 0 Å². The average Bonchev–Trinajstić information content (AvgIpc) is 2.15. The summed E-state index contributed by atoms with van der Waals surface area (Å²) in [6.45, 7) is 5.47. The zero-order valence-electron chi connectivity index (χ0n) is 7.95. The normalized spacial score (nSPS) is 21.4. The molecule has 0 aromatic carbocycles. The van der Waals surface area contributed by atoms with Crippen LogP contribution in [0.1, 0.15) is 6.92 Å². The predicted molar refractivity (Wildman–Crippen MR) is 49.1 cm³/mol. The molecule has 0 saturated carbocycles. The Hall–Kier alpha value is -0.490. The lowest BCUT2D eigenvalue weighted by atomic mass is 10.2. The molecule has 0 amide bonds. The zero-order chi connectivity index (χ0) is 9.68. The van der Waals surface area contributed by atoms with Gasteiger partial charge in [-0.1, -0.05) is 0 Å². The summed E-state index contributed by atoms with van der Waals surface area (Å²) in [7, 11) is 0. The van der Waals surface area contributed by atoms with Crippen molar-refractivity contribution in [3.8, 4) is 0 Å². The Labute approximate surface area is 78.2 Å². The lowest BCUT2D eigenvalue weighted by Gasteiger charge is -2.29. The van der Waals surface area contributed by atoms with Crippen molar-refractivity contribution in [3.05, 3.63) is 0 Å². The van der Waals surface area contributed by atoms with Crippen LogP contribution in [0.2, 0.25) is 0 Å². The summed E-state index contributed by atoms with van der Waals surface area (Å²) in [5.41, 5.74) is 2.52. The number of carbonyl (C=O) groups excluding carboxylic acids is 1. The van der Waals surface area contributed by atoms with E-state index in [0.29, 0.717) is 6.54 Å². The van der Waals surface area contributed by atoms with Crippen LogP contribution in [0.5, 0.6) is 0 Å². The van der Waals surface area contributed by atoms with Crippen LogP contribution in [0.25, 0.3) is 0 Å². The van der Waals surface area contributed by atoms with Gasteiger partial charge in [0.1, 0.15) is 5.78 Å². The lowest BCUT2D eigenvalue weighted by molar-refractivity contribution is -0.119. The molecular weight excluding hydrogens is 170 g/mol. The highest BCUT2D eigenvalue weighted by Crippen LogP contribution is 1.98. The second kappa shape index (κ2) is 5.29. The Morgan fingerprint density at radius 2 is 2.23 bits per heavy atom. The summed E-state index contributed by atoms with van der Waals surface area (Å²) in [6.07, 6.45) is 0. The molecule has 1 unspecified atom stereocenters. The molecule has 0 radical (unpaired) electrons. The minimum Gasteiger partial charge on any atom is -0.379 e. The molecule has 0 aliphatic carbocycles. The molecule has 0 aromatic rings. The van der Waals surface area contributed by atoms with Gasteiger partial charge in [-0.25, -0.2) is 5.43 Å². The van der Waals surface area contributed by atoms with Crippen LogP contribution in [0, 0.1) is 0 Å². The summed E-state index contributed by atoms with van der Waals surface area (Å²) >= 11 is 0. The number of carbonyl (C=O) groups is 1. The third-order valence-corrected chi connectivity index (χ3v) is 2.24. The average molecular weight is 187 g/mol. The molecule has 1 rings (SSSR count). The summed E-state index contributed by atoms with van der Waals surface area (Å²) < 4.78 is 5.20. The number of morpholine rings is 1. The van der Waals surface area contributed by atoms with Gasteiger partial charge in [-0.2, -0.15) is 0 Å². The van der Waals surface area contributed by atoms with E-state index in [9.17, 15) is 4.79 Å². The number of nitrogens with zero attached hydrogens (tertiary/aromatic N) is 1. The number of rotatable bonds is 4. The first-order valence-corrected chi connectivity index (χ1v) is 4.50. The van der Waals surface area contributed by atoms with Gasteiger partial charge >= 0.3 is 0 Å². The molecule has 5 nitrogen and oxygen atoms in total. The monoisotopic (exact) mass is 187 g/mol. The largest absolute Gasteiger partial charge is 0.379 e. The van der Waals surface area contributed by atoms with Gasteiger partial charge in [0, 0.05) is 19.6 Å². The molecule has 1 atom stereocenters. The number of nitrogens with two attached hydrogens (primary N) is 1. The van der Waals surface area contributed by atoms with Crippen molar-refractivity contribution in [2.75, 3.05) is 32.8 Å². The summed E-state index contributed by atoms with van der Waals surface area (Å²) in [6, 6.07) is -0.252. The van der Waals surface area contributed by atoms with Crippen LogP contribution in [0.3, 0.4) is 0 Å². The Balaban J connectivity index is 2.31. The highest BCUT2D eigenvalue weighted by molar-refractivity contribution is 5.81. The number of ketones is 1. The van der Waals surface area contributed by atoms with Crippen LogP contribution < -0.4 is 11.3 Å². The fourth-order valence-corrected chi connectivity index (χ4v) is 1.34. The predicted octanol–water partition coefficient (Wildman–Crippen LogP) is -1.26. The molecule has 1 fully saturated rings. The van der Waals surface area contributed by atoms with Crippen molar-refractivity contribution in [1.82, 2.24) is 10.3 Å². The Bertz CT molecular complexity index is 169. The van der Waals surface area contributed by atoms with Gasteiger partial charge in [-0.15, -0.1) is 0 Å². The van der Waals surface area contributed by atoms with Crippen LogP contribution in [-0.2, 0) is 9.53 Å². The third kappa shape index (κ3) is 3.40. The molecule has 76 valence electrons. The van der Waals surface area contributed by atoms with Crippen molar-refractivity contribution >= 4 is 5.78 Å². The van der Waals surface area contributed by atoms with Crippen LogP contribution in [0.4, 0.5) is 0 Å². The first-order valence-electron chi connectivity index (χ1n) is 4.50. The molecule has 1 aliphatic rings. The molecule has 1 saturated heterocycles. The molecular formula is C8H17N3O2. The number of ether oxygens (including phenoxy) is 1. The van der Waals surface area contributed by atoms with E-state index in [1.165, 1.54) is 0 Å². The van der Waals surface area contributed by atoms with E-state index < -0.39 is 0 Å². The third-order valence-electron chi connectivity index (χ3n) is 2.24. The second-order valence-corrected chi connectivity index (χ2v) is 3.24. The van der Waals surface area contributed by atoms with Gasteiger partial charge < -0.3 is 4.74 Å². The maximum absolute atomic E-state index is 11.0. The van der Waals surface area contributed by atoms with Crippen molar-refractivity contribution < 1.29 is 9.53 Å². The van der Waals surface area contributed by atoms with E-state index in [0.717, 1.165) is 26.3 Å². The molecule has 13 heavy (non-hydrogen) atoms. The molecule has 5 heteroatoms. The van der Waals surface area contributed by atoms with Gasteiger partial charge in [0.2, 0.25) is 0 Å². The van der Waals surface area contributed by atoms with E-state index in [2.05, 4.69) is 10.3 Å². The van der Waals surface area contributed by atoms with Crippen molar-refractivity contribution in [2.45, 2.75) is 13.0 Å². The van der Waals surface area contributed by atoms with Gasteiger partial charge in [-0.05, 0) is 6.92 Å². The van der Waals surface area contributed by atoms with E-state index in [1.54, 1.807) is 6.92 Å². The first kappa shape index (κ1) is 10.6. The number of hydrogen-bond donors (Lipinski definition) is 2. The fourth-order valence-electron chi connectivity index (χ4n) is 1.34. The topological polar surface area (TPSA) is 67.6 Å². The molecule has 0 bridgehead atoms. The lowest BCUT2D eigenvalue weighted by Crippen LogP contribution is -2.50. The molecule has 3 N–H and O–H groups in total. The smallest absolute Gasteiger partial charge is 0.149 e. The van der Waals surface area contributed by atoms with E-state index in [1.807, 2.05) is 0 Å². The maximum atomic E-state index is 11.0. The van der Waals surface area contributed by atoms with Gasteiger partial charge in [0.05, 0.1) is 19.3 Å².